The van der Waals surface area contributed by atoms with Crippen LogP contribution < -0.4 is 4.74 Å². The van der Waals surface area contributed by atoms with Crippen molar-refractivity contribution in [3.8, 4) is 5.75 Å². The van der Waals surface area contributed by atoms with E-state index in [2.05, 4.69) is 4.74 Å². The third kappa shape index (κ3) is 3.91. The first-order valence-corrected chi connectivity index (χ1v) is 5.87. The Kier molecular flexibility index (Phi) is 5.23. The van der Waals surface area contributed by atoms with Crippen LogP contribution in [0.15, 0.2) is 18.2 Å². The topological polar surface area (TPSA) is 69.7 Å². The summed E-state index contributed by atoms with van der Waals surface area (Å²) in [5.41, 5.74) is 1.16. The molecule has 0 heterocycles. The van der Waals surface area contributed by atoms with Crippen molar-refractivity contribution in [1.29, 1.82) is 0 Å². The molecule has 0 aliphatic carbocycles. The van der Waals surface area contributed by atoms with Crippen LogP contribution in [0, 0.1) is 6.92 Å². The largest absolute Gasteiger partial charge is 0.496 e. The Hall–Kier alpha value is -2.17. The van der Waals surface area contributed by atoms with Gasteiger partial charge in [-0.3, -0.25) is 9.59 Å². The van der Waals surface area contributed by atoms with Gasteiger partial charge in [0.25, 0.3) is 0 Å². The number of Topliss-reactive ketones (excluding diaryl/α,β-unsaturated/α-hetero) is 2. The Labute approximate surface area is 111 Å². The molecule has 0 bridgehead atoms. The van der Waals surface area contributed by atoms with E-state index in [4.69, 9.17) is 4.74 Å². The third-order valence-electron chi connectivity index (χ3n) is 2.54. The lowest BCUT2D eigenvalue weighted by atomic mass is 10.0. The van der Waals surface area contributed by atoms with Crippen molar-refractivity contribution in [1.82, 2.24) is 0 Å². The van der Waals surface area contributed by atoms with Gasteiger partial charge in [0.15, 0.2) is 5.78 Å². The van der Waals surface area contributed by atoms with E-state index in [0.29, 0.717) is 11.3 Å². The van der Waals surface area contributed by atoms with Gasteiger partial charge in [-0.15, -0.1) is 0 Å². The van der Waals surface area contributed by atoms with Gasteiger partial charge in [0, 0.05) is 5.56 Å². The molecule has 1 aromatic carbocycles. The molecule has 0 N–H and O–H groups in total. The fraction of sp³-hybridized carbons (Fsp3) is 0.357. The molecule has 0 fully saturated rings. The minimum Gasteiger partial charge on any atom is -0.496 e. The van der Waals surface area contributed by atoms with Gasteiger partial charge in [-0.2, -0.15) is 0 Å². The number of esters is 1. The van der Waals surface area contributed by atoms with Crippen molar-refractivity contribution >= 4 is 17.5 Å². The highest BCUT2D eigenvalue weighted by Gasteiger charge is 2.20. The number of hydrogen-bond donors (Lipinski definition) is 0. The first-order valence-electron chi connectivity index (χ1n) is 5.87. The molecule has 0 saturated heterocycles. The number of methoxy groups -OCH3 is 1. The zero-order chi connectivity index (χ0) is 14.4. The van der Waals surface area contributed by atoms with Gasteiger partial charge >= 0.3 is 5.97 Å². The molecule has 0 saturated carbocycles. The summed E-state index contributed by atoms with van der Waals surface area (Å²) in [4.78, 5) is 34.4. The van der Waals surface area contributed by atoms with Gasteiger partial charge in [-0.1, -0.05) is 0 Å². The Balaban J connectivity index is 2.76. The zero-order valence-electron chi connectivity index (χ0n) is 11.2. The van der Waals surface area contributed by atoms with Crippen molar-refractivity contribution in [2.24, 2.45) is 0 Å². The van der Waals surface area contributed by atoms with Gasteiger partial charge < -0.3 is 9.47 Å². The molecule has 5 heteroatoms. The van der Waals surface area contributed by atoms with Crippen LogP contribution in [0.4, 0.5) is 0 Å². The minimum absolute atomic E-state index is 0.112. The van der Waals surface area contributed by atoms with E-state index in [9.17, 15) is 14.4 Å². The zero-order valence-corrected chi connectivity index (χ0v) is 11.2. The van der Waals surface area contributed by atoms with Crippen LogP contribution in [0.2, 0.25) is 0 Å². The van der Waals surface area contributed by atoms with Gasteiger partial charge in [0.05, 0.1) is 20.1 Å². The number of rotatable bonds is 6. The lowest BCUT2D eigenvalue weighted by Gasteiger charge is -2.06. The molecule has 0 aliphatic heterocycles. The summed E-state index contributed by atoms with van der Waals surface area (Å²) in [6.45, 7) is 3.50. The molecule has 1 rings (SSSR count). The fourth-order valence-electron chi connectivity index (χ4n) is 1.58. The number of aryl methyl sites for hydroxylation is 1. The summed E-state index contributed by atoms with van der Waals surface area (Å²) in [5, 5.41) is 0. The second-order valence-electron chi connectivity index (χ2n) is 3.93. The number of ketones is 2. The summed E-state index contributed by atoms with van der Waals surface area (Å²) in [6.07, 6.45) is -0.482. The molecule has 0 aromatic heterocycles. The lowest BCUT2D eigenvalue weighted by molar-refractivity contribution is -0.153. The predicted octanol–water partition coefficient (Wildman–Crippen LogP) is 1.71. The van der Waals surface area contributed by atoms with Gasteiger partial charge in [-0.25, -0.2) is 4.79 Å². The Bertz CT molecular complexity index is 505. The number of ether oxygens (including phenoxy) is 2. The number of carbonyl (C=O) groups excluding carboxylic acids is 3. The summed E-state index contributed by atoms with van der Waals surface area (Å²) in [6, 6.07) is 4.84. The van der Waals surface area contributed by atoms with Gasteiger partial charge in [0.2, 0.25) is 5.78 Å². The van der Waals surface area contributed by atoms with Crippen LogP contribution in [0.3, 0.4) is 0 Å². The monoisotopic (exact) mass is 264 g/mol. The van der Waals surface area contributed by atoms with E-state index >= 15 is 0 Å². The number of benzene rings is 1. The summed E-state index contributed by atoms with van der Waals surface area (Å²) in [7, 11) is 1.54. The highest BCUT2D eigenvalue weighted by Crippen LogP contribution is 2.19. The Morgan fingerprint density at radius 2 is 1.89 bits per heavy atom. The molecular formula is C14H16O5. The second-order valence-corrected chi connectivity index (χ2v) is 3.93. The van der Waals surface area contributed by atoms with Crippen molar-refractivity contribution in [2.75, 3.05) is 13.7 Å². The van der Waals surface area contributed by atoms with Crippen molar-refractivity contribution in [3.05, 3.63) is 29.3 Å². The van der Waals surface area contributed by atoms with E-state index in [1.807, 2.05) is 0 Å². The van der Waals surface area contributed by atoms with Crippen LogP contribution in [-0.4, -0.2) is 31.3 Å². The molecule has 0 spiro atoms. The minimum atomic E-state index is -0.971. The van der Waals surface area contributed by atoms with Gasteiger partial charge in [0.1, 0.15) is 5.75 Å². The average Bonchev–Trinajstić information content (AvgIpc) is 2.38. The fourth-order valence-corrected chi connectivity index (χ4v) is 1.58. The highest BCUT2D eigenvalue weighted by molar-refractivity contribution is 6.38. The van der Waals surface area contributed by atoms with Crippen molar-refractivity contribution in [3.63, 3.8) is 0 Å². The van der Waals surface area contributed by atoms with Crippen molar-refractivity contribution in [2.45, 2.75) is 20.3 Å². The van der Waals surface area contributed by atoms with E-state index in [1.165, 1.54) is 7.11 Å². The molecule has 0 radical (unpaired) electrons. The summed E-state index contributed by atoms with van der Waals surface area (Å²) >= 11 is 0. The smallest absolute Gasteiger partial charge is 0.375 e. The van der Waals surface area contributed by atoms with Crippen LogP contribution >= 0.6 is 0 Å². The highest BCUT2D eigenvalue weighted by atomic mass is 16.5. The second kappa shape index (κ2) is 6.68. The molecule has 0 amide bonds. The van der Waals surface area contributed by atoms with Gasteiger partial charge in [-0.05, 0) is 37.6 Å². The first kappa shape index (κ1) is 14.9. The summed E-state index contributed by atoms with van der Waals surface area (Å²) < 4.78 is 9.62. The maximum atomic E-state index is 11.8. The third-order valence-corrected chi connectivity index (χ3v) is 2.54. The Morgan fingerprint density at radius 3 is 2.42 bits per heavy atom. The predicted molar refractivity (Wildman–Crippen MR) is 68.3 cm³/mol. The standard InChI is InChI=1S/C14H16O5/c1-4-19-14(17)12(16)8-11(15)10-5-6-13(18-3)9(2)7-10/h5-7H,4,8H2,1-3H3. The van der Waals surface area contributed by atoms with Crippen molar-refractivity contribution < 1.29 is 23.9 Å². The molecule has 1 aromatic rings. The lowest BCUT2D eigenvalue weighted by Crippen LogP contribution is -2.20. The average molecular weight is 264 g/mol. The quantitative estimate of drug-likeness (QED) is 0.338. The first-order chi connectivity index (χ1) is 8.99. The number of hydrogen-bond acceptors (Lipinski definition) is 5. The molecular weight excluding hydrogens is 248 g/mol. The van der Waals surface area contributed by atoms with Crippen LogP contribution in [0.1, 0.15) is 29.3 Å². The summed E-state index contributed by atoms with van der Waals surface area (Å²) in [5.74, 6) is -1.56. The maximum Gasteiger partial charge on any atom is 0.375 e. The van der Waals surface area contributed by atoms with Crippen LogP contribution in [0.5, 0.6) is 5.75 Å². The SMILES string of the molecule is CCOC(=O)C(=O)CC(=O)c1ccc(OC)c(C)c1. The molecule has 102 valence electrons. The van der Waals surface area contributed by atoms with E-state index in [1.54, 1.807) is 32.0 Å². The van der Waals surface area contributed by atoms with E-state index < -0.39 is 24.0 Å². The Morgan fingerprint density at radius 1 is 1.21 bits per heavy atom. The maximum absolute atomic E-state index is 11.8. The molecule has 19 heavy (non-hydrogen) atoms. The van der Waals surface area contributed by atoms with Crippen LogP contribution in [-0.2, 0) is 14.3 Å². The van der Waals surface area contributed by atoms with E-state index in [0.717, 1.165) is 5.56 Å². The normalized spacial score (nSPS) is 9.84. The molecule has 0 aliphatic rings. The van der Waals surface area contributed by atoms with E-state index in [-0.39, 0.29) is 6.61 Å². The molecule has 5 nitrogen and oxygen atoms in total. The number of carbonyl (C=O) groups is 3. The molecule has 0 unspecified atom stereocenters. The molecule has 0 atom stereocenters. The van der Waals surface area contributed by atoms with Crippen LogP contribution in [0.25, 0.3) is 0 Å².